The van der Waals surface area contributed by atoms with Gasteiger partial charge in [-0.05, 0) is 39.7 Å². The van der Waals surface area contributed by atoms with Gasteiger partial charge in [0, 0.05) is 6.42 Å². The molecule has 3 atom stereocenters. The van der Waals surface area contributed by atoms with Crippen LogP contribution in [0, 0.1) is 0 Å². The maximum absolute atomic E-state index is 12.6. The summed E-state index contributed by atoms with van der Waals surface area (Å²) < 4.78 is 5.18. The molecule has 0 heterocycles. The van der Waals surface area contributed by atoms with Crippen LogP contribution < -0.4 is 10.6 Å². The lowest BCUT2D eigenvalue weighted by Crippen LogP contribution is -2.59. The van der Waals surface area contributed by atoms with E-state index in [-0.39, 0.29) is 6.42 Å². The summed E-state index contributed by atoms with van der Waals surface area (Å²) in [5, 5.41) is 25.1. The minimum Gasteiger partial charge on any atom is -0.480 e. The molecule has 1 rings (SSSR count). The van der Waals surface area contributed by atoms with Crippen LogP contribution in [0.5, 0.6) is 0 Å². The number of ether oxygens (including phenoxy) is 1. The fourth-order valence-corrected chi connectivity index (χ4v) is 2.78. The Morgan fingerprint density at radius 1 is 1.10 bits per heavy atom. The number of rotatable bonds is 9. The lowest BCUT2D eigenvalue weighted by molar-refractivity contribution is -0.148. The minimum atomic E-state index is -1.63. The summed E-state index contributed by atoms with van der Waals surface area (Å²) in [5.74, 6) is -2.10. The number of alkyl carbamates (subject to hydrolysis) is 1. The van der Waals surface area contributed by atoms with Crippen LogP contribution >= 0.6 is 0 Å². The number of aliphatic hydroxyl groups is 1. The van der Waals surface area contributed by atoms with Crippen molar-refractivity contribution in [2.45, 2.75) is 77.2 Å². The third-order valence-corrected chi connectivity index (χ3v) is 4.22. The van der Waals surface area contributed by atoms with Crippen LogP contribution in [0.2, 0.25) is 0 Å². The smallest absolute Gasteiger partial charge is 0.407 e. The molecule has 0 radical (unpaired) electrons. The van der Waals surface area contributed by atoms with E-state index in [2.05, 4.69) is 10.6 Å². The second kappa shape index (κ2) is 10.2. The number of aliphatic carboxylic acids is 1. The first-order chi connectivity index (χ1) is 13.4. The summed E-state index contributed by atoms with van der Waals surface area (Å²) in [6, 6.07) is 7.96. The predicted molar refractivity (Wildman–Crippen MR) is 108 cm³/mol. The summed E-state index contributed by atoms with van der Waals surface area (Å²) in [6.07, 6.45) is -1.44. The van der Waals surface area contributed by atoms with Gasteiger partial charge in [0.15, 0.2) is 6.10 Å². The Balaban J connectivity index is 2.90. The summed E-state index contributed by atoms with van der Waals surface area (Å²) >= 11 is 0. The number of carbonyl (C=O) groups excluding carboxylic acids is 2. The molecule has 2 amide bonds. The number of carbonyl (C=O) groups is 3. The molecule has 2 unspecified atom stereocenters. The van der Waals surface area contributed by atoms with E-state index in [9.17, 15) is 24.6 Å². The van der Waals surface area contributed by atoms with E-state index in [1.807, 2.05) is 13.0 Å². The van der Waals surface area contributed by atoms with Gasteiger partial charge < -0.3 is 25.6 Å². The van der Waals surface area contributed by atoms with E-state index < -0.39 is 41.3 Å². The molecule has 162 valence electrons. The van der Waals surface area contributed by atoms with E-state index in [0.717, 1.165) is 5.56 Å². The molecular weight excluding hydrogens is 376 g/mol. The maximum Gasteiger partial charge on any atom is 0.407 e. The van der Waals surface area contributed by atoms with Crippen molar-refractivity contribution in [3.8, 4) is 0 Å². The van der Waals surface area contributed by atoms with Gasteiger partial charge in [0.1, 0.15) is 11.1 Å². The Hall–Kier alpha value is -2.61. The molecule has 0 fully saturated rings. The highest BCUT2D eigenvalue weighted by Crippen LogP contribution is 2.15. The number of aliphatic hydroxyl groups excluding tert-OH is 1. The summed E-state index contributed by atoms with van der Waals surface area (Å²) in [5.41, 5.74) is -1.63. The number of hydrogen-bond acceptors (Lipinski definition) is 5. The molecule has 0 saturated heterocycles. The molecule has 29 heavy (non-hydrogen) atoms. The fraction of sp³-hybridized carbons (Fsp3) is 0.571. The molecule has 0 aliphatic rings. The lowest BCUT2D eigenvalue weighted by Gasteiger charge is -2.30. The first kappa shape index (κ1) is 24.4. The Kier molecular flexibility index (Phi) is 8.63. The van der Waals surface area contributed by atoms with Crippen LogP contribution in [0.1, 0.15) is 53.0 Å². The maximum atomic E-state index is 12.6. The largest absolute Gasteiger partial charge is 0.480 e. The number of carboxylic acids is 1. The van der Waals surface area contributed by atoms with Gasteiger partial charge in [-0.1, -0.05) is 43.7 Å². The molecule has 0 aliphatic heterocycles. The summed E-state index contributed by atoms with van der Waals surface area (Å²) in [7, 11) is 0. The monoisotopic (exact) mass is 408 g/mol. The van der Waals surface area contributed by atoms with E-state index in [1.165, 1.54) is 6.92 Å². The van der Waals surface area contributed by atoms with Crippen molar-refractivity contribution >= 4 is 18.0 Å². The van der Waals surface area contributed by atoms with Gasteiger partial charge in [0.25, 0.3) is 5.91 Å². The normalized spacial score (nSPS) is 15.5. The average molecular weight is 408 g/mol. The van der Waals surface area contributed by atoms with Crippen LogP contribution in [-0.2, 0) is 20.7 Å². The fourth-order valence-electron chi connectivity index (χ4n) is 2.78. The highest BCUT2D eigenvalue weighted by molar-refractivity contribution is 5.89. The van der Waals surface area contributed by atoms with Crippen molar-refractivity contribution < 1.29 is 29.3 Å². The highest BCUT2D eigenvalue weighted by atomic mass is 16.6. The SMILES string of the molecule is CCC[C@H](NC(=O)OC(C)(C)C)C(O)C(=O)NC(C)(Cc1ccccc1)C(=O)O. The van der Waals surface area contributed by atoms with Crippen LogP contribution in [0.4, 0.5) is 4.79 Å². The molecule has 0 spiro atoms. The van der Waals surface area contributed by atoms with Gasteiger partial charge >= 0.3 is 12.1 Å². The molecule has 8 nitrogen and oxygen atoms in total. The van der Waals surface area contributed by atoms with Crippen LogP contribution in [-0.4, -0.2) is 51.5 Å². The predicted octanol–water partition coefficient (Wildman–Crippen LogP) is 2.24. The number of hydrogen-bond donors (Lipinski definition) is 4. The lowest BCUT2D eigenvalue weighted by atomic mass is 9.92. The molecule has 8 heteroatoms. The second-order valence-electron chi connectivity index (χ2n) is 8.28. The molecule has 0 aromatic heterocycles. The van der Waals surface area contributed by atoms with Crippen molar-refractivity contribution in [2.24, 2.45) is 0 Å². The molecule has 1 aromatic carbocycles. The molecule has 0 saturated carbocycles. The second-order valence-corrected chi connectivity index (χ2v) is 8.28. The standard InChI is InChI=1S/C21H32N2O6/c1-6-10-15(22-19(28)29-20(2,3)4)16(24)17(25)23-21(5,18(26)27)13-14-11-8-7-9-12-14/h7-9,11-12,15-16,24H,6,10,13H2,1-5H3,(H,22,28)(H,23,25)(H,26,27)/t15-,16?,21?/m0/s1. The first-order valence-corrected chi connectivity index (χ1v) is 9.65. The van der Waals surface area contributed by atoms with E-state index in [0.29, 0.717) is 12.8 Å². The zero-order chi connectivity index (χ0) is 22.2. The Labute approximate surface area is 171 Å². The number of nitrogens with one attached hydrogen (secondary N) is 2. The van der Waals surface area contributed by atoms with Crippen molar-refractivity contribution in [3.63, 3.8) is 0 Å². The minimum absolute atomic E-state index is 0.0412. The van der Waals surface area contributed by atoms with Crippen molar-refractivity contribution in [1.29, 1.82) is 0 Å². The zero-order valence-corrected chi connectivity index (χ0v) is 17.7. The highest BCUT2D eigenvalue weighted by Gasteiger charge is 2.38. The van der Waals surface area contributed by atoms with E-state index >= 15 is 0 Å². The quantitative estimate of drug-likeness (QED) is 0.497. The van der Waals surface area contributed by atoms with Gasteiger partial charge in [0.05, 0.1) is 6.04 Å². The van der Waals surface area contributed by atoms with Gasteiger partial charge in [-0.2, -0.15) is 0 Å². The van der Waals surface area contributed by atoms with Crippen LogP contribution in [0.15, 0.2) is 30.3 Å². The molecule has 4 N–H and O–H groups in total. The number of amides is 2. The molecule has 0 bridgehead atoms. The first-order valence-electron chi connectivity index (χ1n) is 9.65. The molecule has 0 aliphatic carbocycles. The summed E-state index contributed by atoms with van der Waals surface area (Å²) in [4.78, 5) is 36.5. The number of benzene rings is 1. The topological polar surface area (TPSA) is 125 Å². The van der Waals surface area contributed by atoms with Crippen molar-refractivity contribution in [2.75, 3.05) is 0 Å². The molecular formula is C21H32N2O6. The van der Waals surface area contributed by atoms with E-state index in [4.69, 9.17) is 4.74 Å². The summed E-state index contributed by atoms with van der Waals surface area (Å²) in [6.45, 7) is 8.32. The third kappa shape index (κ3) is 8.11. The Bertz CT molecular complexity index is 701. The Morgan fingerprint density at radius 2 is 1.69 bits per heavy atom. The van der Waals surface area contributed by atoms with Crippen LogP contribution in [0.3, 0.4) is 0 Å². The molecule has 1 aromatic rings. The van der Waals surface area contributed by atoms with E-state index in [1.54, 1.807) is 45.0 Å². The van der Waals surface area contributed by atoms with Crippen LogP contribution in [0.25, 0.3) is 0 Å². The zero-order valence-electron chi connectivity index (χ0n) is 17.7. The van der Waals surface area contributed by atoms with Gasteiger partial charge in [-0.25, -0.2) is 9.59 Å². The third-order valence-electron chi connectivity index (χ3n) is 4.22. The van der Waals surface area contributed by atoms with Gasteiger partial charge in [-0.3, -0.25) is 4.79 Å². The van der Waals surface area contributed by atoms with Crippen molar-refractivity contribution in [3.05, 3.63) is 35.9 Å². The average Bonchev–Trinajstić information content (AvgIpc) is 2.59. The number of carboxylic acid groups (broad SMARTS) is 1. The van der Waals surface area contributed by atoms with Gasteiger partial charge in [0.2, 0.25) is 0 Å². The van der Waals surface area contributed by atoms with Crippen molar-refractivity contribution in [1.82, 2.24) is 10.6 Å². The van der Waals surface area contributed by atoms with Gasteiger partial charge in [-0.15, -0.1) is 0 Å². The Morgan fingerprint density at radius 3 is 2.17 bits per heavy atom.